The molecule has 0 saturated carbocycles. The molecular formula is C34H56N12. The fraction of sp³-hybridized carbons (Fsp3) is 0.647. The highest BCUT2D eigenvalue weighted by Crippen LogP contribution is 2.18. The molecule has 12 nitrogen and oxygen atoms in total. The number of benzene rings is 1. The first kappa shape index (κ1) is 34.9. The largest absolute Gasteiger partial charge is 0.354 e. The Labute approximate surface area is 276 Å². The minimum absolute atomic E-state index is 0.578. The molecule has 1 aromatic carbocycles. The Kier molecular flexibility index (Phi) is 14.8. The molecule has 46 heavy (non-hydrogen) atoms. The summed E-state index contributed by atoms with van der Waals surface area (Å²) in [7, 11) is 0. The quantitative estimate of drug-likeness (QED) is 0.230. The first-order valence-electron chi connectivity index (χ1n) is 17.7. The zero-order valence-electron chi connectivity index (χ0n) is 28.6. The minimum Gasteiger partial charge on any atom is -0.354 e. The van der Waals surface area contributed by atoms with Gasteiger partial charge in [0.05, 0.1) is 0 Å². The van der Waals surface area contributed by atoms with Crippen molar-refractivity contribution in [3.8, 4) is 0 Å². The summed E-state index contributed by atoms with van der Waals surface area (Å²) in [6.45, 7) is 14.8. The van der Waals surface area contributed by atoms with Gasteiger partial charge in [-0.05, 0) is 51.7 Å². The van der Waals surface area contributed by atoms with Crippen LogP contribution in [0.2, 0.25) is 0 Å². The van der Waals surface area contributed by atoms with Gasteiger partial charge in [-0.15, -0.1) is 0 Å². The molecule has 0 spiro atoms. The standard InChI is InChI=1S/C34H56N12/c1-5-45(6-2)33-41-29-35-22-17-15-13-11-9-10-12-14-16-18-23-36-30-40-32(44-34(42-30)46(7-3)8-4)38-26-28-21-19-20-27(24-28)25-37-31(39-29)43-33/h19-21,24H,5-18,22-23,25-26H2,1-4H3,(H2,35,37,39,41,43)(H2,36,38,40,42,44). The fourth-order valence-electron chi connectivity index (χ4n) is 5.62. The topological polar surface area (TPSA) is 132 Å². The zero-order chi connectivity index (χ0) is 32.4. The van der Waals surface area contributed by atoms with Gasteiger partial charge in [-0.25, -0.2) is 0 Å². The number of hydrogen-bond donors (Lipinski definition) is 4. The van der Waals surface area contributed by atoms with Crippen LogP contribution in [0.4, 0.5) is 35.7 Å². The second-order valence-corrected chi connectivity index (χ2v) is 11.8. The first-order chi connectivity index (χ1) is 22.6. The van der Waals surface area contributed by atoms with E-state index in [1.807, 2.05) is 0 Å². The van der Waals surface area contributed by atoms with E-state index < -0.39 is 0 Å². The van der Waals surface area contributed by atoms with Crippen molar-refractivity contribution >= 4 is 35.7 Å². The molecule has 12 heteroatoms. The van der Waals surface area contributed by atoms with Gasteiger partial charge in [0.2, 0.25) is 35.7 Å². The van der Waals surface area contributed by atoms with Crippen molar-refractivity contribution < 1.29 is 0 Å². The van der Waals surface area contributed by atoms with Gasteiger partial charge in [0.15, 0.2) is 0 Å². The third-order valence-electron chi connectivity index (χ3n) is 8.40. The van der Waals surface area contributed by atoms with E-state index in [-0.39, 0.29) is 0 Å². The molecule has 1 aliphatic rings. The van der Waals surface area contributed by atoms with Crippen LogP contribution in [-0.2, 0) is 13.1 Å². The molecule has 0 saturated heterocycles. The van der Waals surface area contributed by atoms with Crippen LogP contribution in [0.5, 0.6) is 0 Å². The lowest BCUT2D eigenvalue weighted by Crippen LogP contribution is -2.25. The lowest BCUT2D eigenvalue weighted by molar-refractivity contribution is 0.557. The Morgan fingerprint density at radius 3 is 1.20 bits per heavy atom. The Bertz CT molecular complexity index is 1200. The summed E-state index contributed by atoms with van der Waals surface area (Å²) >= 11 is 0. The van der Waals surface area contributed by atoms with E-state index in [1.54, 1.807) is 0 Å². The highest BCUT2D eigenvalue weighted by Gasteiger charge is 2.13. The van der Waals surface area contributed by atoms with Gasteiger partial charge in [0.1, 0.15) is 0 Å². The van der Waals surface area contributed by atoms with Crippen molar-refractivity contribution in [2.75, 3.05) is 70.3 Å². The number of hydrogen-bond acceptors (Lipinski definition) is 12. The Morgan fingerprint density at radius 2 is 0.826 bits per heavy atom. The molecule has 1 aliphatic heterocycles. The normalized spacial score (nSPS) is 15.7. The maximum atomic E-state index is 4.75. The number of rotatable bonds is 6. The van der Waals surface area contributed by atoms with Gasteiger partial charge in [0.25, 0.3) is 0 Å². The average molecular weight is 633 g/mol. The molecule has 252 valence electrons. The second-order valence-electron chi connectivity index (χ2n) is 11.8. The molecule has 6 bridgehead atoms. The van der Waals surface area contributed by atoms with Gasteiger partial charge < -0.3 is 31.1 Å². The van der Waals surface area contributed by atoms with Crippen molar-refractivity contribution in [2.45, 2.75) is 105 Å². The lowest BCUT2D eigenvalue weighted by Gasteiger charge is -2.20. The molecule has 3 aromatic rings. The number of nitrogens with zero attached hydrogens (tertiary/aromatic N) is 8. The van der Waals surface area contributed by atoms with Gasteiger partial charge in [-0.2, -0.15) is 29.9 Å². The highest BCUT2D eigenvalue weighted by molar-refractivity contribution is 5.46. The van der Waals surface area contributed by atoms with E-state index in [9.17, 15) is 0 Å². The maximum Gasteiger partial charge on any atom is 0.231 e. The highest BCUT2D eigenvalue weighted by atomic mass is 15.3. The SMILES string of the molecule is CCN(CC)c1nc2nc(n1)NCc1cccc(c1)CNc1nc(nc(N(CC)CC)n1)NCCCCCCCCCCCCN2. The average Bonchev–Trinajstić information content (AvgIpc) is 3.07. The Morgan fingerprint density at radius 1 is 0.478 bits per heavy atom. The molecule has 0 atom stereocenters. The van der Waals surface area contributed by atoms with Crippen LogP contribution in [0.1, 0.15) is 103 Å². The predicted molar refractivity (Wildman–Crippen MR) is 191 cm³/mol. The maximum absolute atomic E-state index is 4.75. The molecule has 0 radical (unpaired) electrons. The van der Waals surface area contributed by atoms with E-state index in [2.05, 4.69) is 83.0 Å². The third kappa shape index (κ3) is 11.4. The molecule has 2 aromatic heterocycles. The van der Waals surface area contributed by atoms with Crippen molar-refractivity contribution in [1.82, 2.24) is 29.9 Å². The van der Waals surface area contributed by atoms with Gasteiger partial charge in [-0.3, -0.25) is 0 Å². The molecule has 3 heterocycles. The van der Waals surface area contributed by atoms with E-state index >= 15 is 0 Å². The van der Waals surface area contributed by atoms with Gasteiger partial charge >= 0.3 is 0 Å². The Hall–Kier alpha value is -3.96. The number of fused-ring (bicyclic) bond motifs is 6. The summed E-state index contributed by atoms with van der Waals surface area (Å²) in [5.41, 5.74) is 2.27. The summed E-state index contributed by atoms with van der Waals surface area (Å²) in [5, 5.41) is 13.8. The summed E-state index contributed by atoms with van der Waals surface area (Å²) in [6, 6.07) is 8.49. The van der Waals surface area contributed by atoms with Crippen LogP contribution in [-0.4, -0.2) is 69.2 Å². The third-order valence-corrected chi connectivity index (χ3v) is 8.40. The zero-order valence-corrected chi connectivity index (χ0v) is 28.6. The van der Waals surface area contributed by atoms with E-state index in [0.717, 1.165) is 63.2 Å². The van der Waals surface area contributed by atoms with Crippen LogP contribution < -0.4 is 31.1 Å². The number of nitrogens with one attached hydrogen (secondary N) is 4. The monoisotopic (exact) mass is 632 g/mol. The molecule has 0 aliphatic carbocycles. The lowest BCUT2D eigenvalue weighted by atomic mass is 10.1. The van der Waals surface area contributed by atoms with Crippen molar-refractivity contribution in [3.05, 3.63) is 35.4 Å². The summed E-state index contributed by atoms with van der Waals surface area (Å²) in [6.07, 6.45) is 12.5. The summed E-state index contributed by atoms with van der Waals surface area (Å²) in [4.78, 5) is 32.7. The van der Waals surface area contributed by atoms with E-state index in [0.29, 0.717) is 48.8 Å². The number of aromatic nitrogens is 6. The summed E-state index contributed by atoms with van der Waals surface area (Å²) in [5.74, 6) is 3.81. The molecule has 0 unspecified atom stereocenters. The van der Waals surface area contributed by atoms with Crippen LogP contribution >= 0.6 is 0 Å². The number of anilines is 6. The van der Waals surface area contributed by atoms with Crippen molar-refractivity contribution in [2.24, 2.45) is 0 Å². The molecule has 4 N–H and O–H groups in total. The molecule has 4 rings (SSSR count). The van der Waals surface area contributed by atoms with Gasteiger partial charge in [0, 0.05) is 52.4 Å². The van der Waals surface area contributed by atoms with Gasteiger partial charge in [-0.1, -0.05) is 75.6 Å². The first-order valence-corrected chi connectivity index (χ1v) is 17.7. The predicted octanol–water partition coefficient (Wildman–Crippen LogP) is 6.71. The molecule has 0 amide bonds. The second kappa shape index (κ2) is 19.5. The van der Waals surface area contributed by atoms with Crippen LogP contribution in [0.25, 0.3) is 0 Å². The smallest absolute Gasteiger partial charge is 0.231 e. The van der Waals surface area contributed by atoms with Crippen LogP contribution in [0, 0.1) is 0 Å². The van der Waals surface area contributed by atoms with E-state index in [1.165, 1.54) is 51.4 Å². The fourth-order valence-corrected chi connectivity index (χ4v) is 5.62. The molecular weight excluding hydrogens is 576 g/mol. The van der Waals surface area contributed by atoms with Crippen molar-refractivity contribution in [3.63, 3.8) is 0 Å². The summed E-state index contributed by atoms with van der Waals surface area (Å²) < 4.78 is 0. The van der Waals surface area contributed by atoms with Crippen molar-refractivity contribution in [1.29, 1.82) is 0 Å². The Balaban J connectivity index is 1.51. The molecule has 0 fully saturated rings. The minimum atomic E-state index is 0.578. The van der Waals surface area contributed by atoms with E-state index in [4.69, 9.17) is 29.9 Å². The van der Waals surface area contributed by atoms with Crippen LogP contribution in [0.3, 0.4) is 0 Å². The van der Waals surface area contributed by atoms with Crippen LogP contribution in [0.15, 0.2) is 24.3 Å².